The van der Waals surface area contributed by atoms with Crippen LogP contribution in [-0.2, 0) is 15.7 Å². The molecule has 0 saturated carbocycles. The smallest absolute Gasteiger partial charge is 0.433 e. The third kappa shape index (κ3) is 3.28. The molecule has 0 saturated heterocycles. The molecule has 2 unspecified atom stereocenters. The van der Waals surface area contributed by atoms with E-state index in [1.807, 2.05) is 0 Å². The maximum atomic E-state index is 12.6. The third-order valence-corrected chi connectivity index (χ3v) is 3.08. The van der Waals surface area contributed by atoms with E-state index >= 15 is 0 Å². The van der Waals surface area contributed by atoms with Gasteiger partial charge in [0.25, 0.3) is 0 Å². The first-order valence-corrected chi connectivity index (χ1v) is 6.56. The highest BCUT2D eigenvalue weighted by atomic mass is 19.4. The number of esters is 1. The van der Waals surface area contributed by atoms with Crippen molar-refractivity contribution in [2.45, 2.75) is 51.4 Å². The van der Waals surface area contributed by atoms with E-state index in [2.05, 4.69) is 10.3 Å². The molecular formula is C14H17F3N2O2. The molecule has 0 aromatic carbocycles. The van der Waals surface area contributed by atoms with Gasteiger partial charge in [-0.25, -0.2) is 4.98 Å². The van der Waals surface area contributed by atoms with E-state index in [-0.39, 0.29) is 11.9 Å². The third-order valence-electron chi connectivity index (χ3n) is 3.08. The topological polar surface area (TPSA) is 51.2 Å². The summed E-state index contributed by atoms with van der Waals surface area (Å²) >= 11 is 0. The van der Waals surface area contributed by atoms with E-state index in [1.165, 1.54) is 6.07 Å². The first-order chi connectivity index (χ1) is 9.49. The summed E-state index contributed by atoms with van der Waals surface area (Å²) in [5, 5.41) is 2.81. The zero-order valence-corrected chi connectivity index (χ0v) is 12.2. The van der Waals surface area contributed by atoms with E-state index in [0.29, 0.717) is 5.56 Å². The summed E-state index contributed by atoms with van der Waals surface area (Å²) in [6.07, 6.45) is -4.51. The maximum absolute atomic E-state index is 12.6. The number of ether oxygens (including phenoxy) is 1. The molecule has 116 valence electrons. The highest BCUT2D eigenvalue weighted by Gasteiger charge is 2.40. The number of anilines is 1. The number of carbonyl (C=O) groups is 1. The van der Waals surface area contributed by atoms with Crippen LogP contribution in [0.4, 0.5) is 19.0 Å². The van der Waals surface area contributed by atoms with E-state index in [1.54, 1.807) is 27.7 Å². The molecule has 1 aromatic rings. The molecule has 7 heteroatoms. The Morgan fingerprint density at radius 1 is 1.29 bits per heavy atom. The minimum Gasteiger partial charge on any atom is -0.459 e. The molecule has 4 nitrogen and oxygen atoms in total. The Hall–Kier alpha value is -1.79. The van der Waals surface area contributed by atoms with Crippen molar-refractivity contribution in [3.8, 4) is 0 Å². The highest BCUT2D eigenvalue weighted by molar-refractivity contribution is 5.84. The zero-order chi connectivity index (χ0) is 16.0. The molecule has 0 aliphatic carbocycles. The second kappa shape index (κ2) is 4.89. The van der Waals surface area contributed by atoms with Crippen molar-refractivity contribution in [1.82, 2.24) is 4.98 Å². The molecule has 0 spiro atoms. The van der Waals surface area contributed by atoms with Crippen molar-refractivity contribution >= 4 is 11.8 Å². The summed E-state index contributed by atoms with van der Waals surface area (Å²) < 4.78 is 43.3. The number of fused-ring (bicyclic) bond motifs is 1. The molecule has 1 aliphatic rings. The normalized spacial score (nSPS) is 21.7. The summed E-state index contributed by atoms with van der Waals surface area (Å²) in [4.78, 5) is 15.8. The molecule has 2 atom stereocenters. The van der Waals surface area contributed by atoms with Gasteiger partial charge < -0.3 is 10.1 Å². The van der Waals surface area contributed by atoms with Gasteiger partial charge in [-0.05, 0) is 33.8 Å². The van der Waals surface area contributed by atoms with Crippen LogP contribution in [0.2, 0.25) is 0 Å². The number of nitrogens with one attached hydrogen (secondary N) is 1. The summed E-state index contributed by atoms with van der Waals surface area (Å²) in [6, 6.07) is 1.80. The van der Waals surface area contributed by atoms with Crippen molar-refractivity contribution in [2.75, 3.05) is 5.32 Å². The number of carbonyl (C=O) groups excluding carboxylic acids is 1. The quantitative estimate of drug-likeness (QED) is 0.808. The number of pyridine rings is 1. The van der Waals surface area contributed by atoms with Crippen molar-refractivity contribution in [2.24, 2.45) is 0 Å². The Morgan fingerprint density at radius 2 is 1.90 bits per heavy atom. The fourth-order valence-electron chi connectivity index (χ4n) is 2.26. The van der Waals surface area contributed by atoms with Crippen LogP contribution in [0.15, 0.2) is 12.1 Å². The first-order valence-electron chi connectivity index (χ1n) is 6.56. The molecule has 1 aromatic heterocycles. The second-order valence-corrected chi connectivity index (χ2v) is 6.08. The largest absolute Gasteiger partial charge is 0.459 e. The van der Waals surface area contributed by atoms with Gasteiger partial charge in [-0.3, -0.25) is 4.79 Å². The lowest BCUT2D eigenvalue weighted by Crippen LogP contribution is -2.31. The average Bonchev–Trinajstić information content (AvgIpc) is 2.59. The number of nitrogens with zero attached hydrogens (tertiary/aromatic N) is 1. The van der Waals surface area contributed by atoms with E-state index < -0.39 is 29.4 Å². The maximum Gasteiger partial charge on any atom is 0.433 e. The lowest BCUT2D eigenvalue weighted by atomic mass is 9.96. The van der Waals surface area contributed by atoms with Gasteiger partial charge in [-0.1, -0.05) is 6.07 Å². The van der Waals surface area contributed by atoms with E-state index in [0.717, 1.165) is 6.07 Å². The van der Waals surface area contributed by atoms with Crippen molar-refractivity contribution < 1.29 is 22.7 Å². The van der Waals surface area contributed by atoms with Gasteiger partial charge in [0.05, 0.1) is 0 Å². The highest BCUT2D eigenvalue weighted by Crippen LogP contribution is 2.38. The summed E-state index contributed by atoms with van der Waals surface area (Å²) in [6.45, 7) is 6.93. The van der Waals surface area contributed by atoms with Crippen LogP contribution in [0.1, 0.15) is 44.9 Å². The molecule has 1 N–H and O–H groups in total. The Kier molecular flexibility index (Phi) is 3.63. The number of hydrogen-bond acceptors (Lipinski definition) is 4. The molecule has 0 amide bonds. The molecule has 0 fully saturated rings. The molecule has 1 aliphatic heterocycles. The number of hydrogen-bond donors (Lipinski definition) is 1. The van der Waals surface area contributed by atoms with Crippen LogP contribution in [0.5, 0.6) is 0 Å². The van der Waals surface area contributed by atoms with Crippen LogP contribution in [-0.4, -0.2) is 22.6 Å². The molecule has 0 radical (unpaired) electrons. The van der Waals surface area contributed by atoms with Gasteiger partial charge in [0.1, 0.15) is 23.0 Å². The van der Waals surface area contributed by atoms with Crippen molar-refractivity contribution in [1.29, 1.82) is 0 Å². The van der Waals surface area contributed by atoms with Gasteiger partial charge in [-0.15, -0.1) is 0 Å². The van der Waals surface area contributed by atoms with E-state index in [4.69, 9.17) is 4.74 Å². The first kappa shape index (κ1) is 15.6. The van der Waals surface area contributed by atoms with Gasteiger partial charge in [0.15, 0.2) is 0 Å². The van der Waals surface area contributed by atoms with Crippen molar-refractivity contribution in [3.05, 3.63) is 23.4 Å². The second-order valence-electron chi connectivity index (χ2n) is 6.08. The molecular weight excluding hydrogens is 285 g/mol. The SMILES string of the molecule is CC1Nc2nc(C(F)(F)F)ccc2C1C(=O)OC(C)(C)C. The van der Waals surface area contributed by atoms with Gasteiger partial charge >= 0.3 is 12.1 Å². The average molecular weight is 302 g/mol. The molecule has 21 heavy (non-hydrogen) atoms. The van der Waals surface area contributed by atoms with Crippen LogP contribution in [0.3, 0.4) is 0 Å². The van der Waals surface area contributed by atoms with Crippen LogP contribution in [0.25, 0.3) is 0 Å². The zero-order valence-electron chi connectivity index (χ0n) is 12.2. The minimum absolute atomic E-state index is 0.0909. The van der Waals surface area contributed by atoms with Crippen LogP contribution >= 0.6 is 0 Å². The molecule has 2 rings (SSSR count). The lowest BCUT2D eigenvalue weighted by Gasteiger charge is -2.23. The van der Waals surface area contributed by atoms with Crippen LogP contribution < -0.4 is 5.32 Å². The Balaban J connectivity index is 2.32. The predicted molar refractivity (Wildman–Crippen MR) is 70.9 cm³/mol. The number of rotatable bonds is 1. The Bertz CT molecular complexity index is 564. The molecule has 2 heterocycles. The lowest BCUT2D eigenvalue weighted by molar-refractivity contribution is -0.156. The number of alkyl halides is 3. The van der Waals surface area contributed by atoms with Crippen molar-refractivity contribution in [3.63, 3.8) is 0 Å². The summed E-state index contributed by atoms with van der Waals surface area (Å²) in [5.41, 5.74) is -1.20. The molecule has 0 bridgehead atoms. The predicted octanol–water partition coefficient (Wildman–Crippen LogP) is 3.34. The van der Waals surface area contributed by atoms with Crippen LogP contribution in [0, 0.1) is 0 Å². The number of aromatic nitrogens is 1. The van der Waals surface area contributed by atoms with E-state index in [9.17, 15) is 18.0 Å². The summed E-state index contributed by atoms with van der Waals surface area (Å²) in [7, 11) is 0. The number of halogens is 3. The monoisotopic (exact) mass is 302 g/mol. The standard InChI is InChI=1S/C14H17F3N2O2/c1-7-10(12(20)21-13(2,3)4)8-5-6-9(14(15,16)17)19-11(8)18-7/h5-7,10H,1-4H3,(H,18,19). The fraction of sp³-hybridized carbons (Fsp3) is 0.571. The Labute approximate surface area is 120 Å². The van der Waals surface area contributed by atoms with Gasteiger partial charge in [0, 0.05) is 11.6 Å². The van der Waals surface area contributed by atoms with Gasteiger partial charge in [0.2, 0.25) is 0 Å². The van der Waals surface area contributed by atoms with Gasteiger partial charge in [-0.2, -0.15) is 13.2 Å². The Morgan fingerprint density at radius 3 is 2.43 bits per heavy atom. The minimum atomic E-state index is -4.51. The summed E-state index contributed by atoms with van der Waals surface area (Å²) in [5.74, 6) is -1.04. The fourth-order valence-corrected chi connectivity index (χ4v) is 2.26.